The van der Waals surface area contributed by atoms with Crippen LogP contribution in [-0.4, -0.2) is 6.71 Å². The van der Waals surface area contributed by atoms with Crippen molar-refractivity contribution >= 4 is 68.4 Å². The lowest BCUT2D eigenvalue weighted by Crippen LogP contribution is -2.61. The summed E-state index contributed by atoms with van der Waals surface area (Å²) in [6, 6.07) is 33.9. The van der Waals surface area contributed by atoms with Gasteiger partial charge in [-0.05, 0) is 157 Å². The molecule has 61 heavy (non-hydrogen) atoms. The van der Waals surface area contributed by atoms with Crippen LogP contribution < -0.4 is 26.4 Å². The van der Waals surface area contributed by atoms with E-state index in [2.05, 4.69) is 212 Å². The van der Waals surface area contributed by atoms with Crippen molar-refractivity contribution < 1.29 is 4.42 Å². The SMILES string of the molecule is Cc1cc2c3c(c1)N(c1cc(C(C)(C)C)cc(C(C)(C)C)c1)c1c(oc4ccc(C(C)(C)C)cc14)B3c1cc(C(C)(C)C)ccc1N2c1ccc2c(c1)C(C)(C)CCC2(C)C. The summed E-state index contributed by atoms with van der Waals surface area (Å²) in [5.41, 5.74) is 21.4. The Hall–Kier alpha value is -4.70. The van der Waals surface area contributed by atoms with E-state index in [0.717, 1.165) is 11.2 Å². The first-order valence-electron chi connectivity index (χ1n) is 22.9. The zero-order chi connectivity index (χ0) is 44.1. The Bertz CT molecular complexity index is 2740. The Morgan fingerprint density at radius 3 is 1.64 bits per heavy atom. The summed E-state index contributed by atoms with van der Waals surface area (Å²) in [6.07, 6.45) is 2.37. The molecule has 0 bridgehead atoms. The molecule has 0 atom stereocenters. The quantitative estimate of drug-likeness (QED) is 0.162. The molecule has 9 rings (SSSR count). The lowest BCUT2D eigenvalue weighted by atomic mass is 9.35. The molecule has 0 unspecified atom stereocenters. The van der Waals surface area contributed by atoms with Gasteiger partial charge in [0.15, 0.2) is 0 Å². The molecule has 3 aliphatic rings. The molecule has 1 aromatic heterocycles. The molecule has 0 saturated carbocycles. The first-order chi connectivity index (χ1) is 28.1. The smallest absolute Gasteiger partial charge is 0.297 e. The Labute approximate surface area is 368 Å². The molecule has 0 spiro atoms. The lowest BCUT2D eigenvalue weighted by molar-refractivity contribution is 0.332. The second-order valence-corrected chi connectivity index (χ2v) is 24.4. The molecule has 0 amide bonds. The summed E-state index contributed by atoms with van der Waals surface area (Å²) in [5.74, 6) is 0. The van der Waals surface area contributed by atoms with Crippen LogP contribution in [0, 0.1) is 6.92 Å². The summed E-state index contributed by atoms with van der Waals surface area (Å²) in [6.45, 7) is 39.9. The summed E-state index contributed by atoms with van der Waals surface area (Å²) >= 11 is 0. The lowest BCUT2D eigenvalue weighted by Gasteiger charge is -2.45. The number of rotatable bonds is 2. The largest absolute Gasteiger partial charge is 0.468 e. The van der Waals surface area contributed by atoms with E-state index in [1.165, 1.54) is 102 Å². The van der Waals surface area contributed by atoms with E-state index < -0.39 is 0 Å². The van der Waals surface area contributed by atoms with E-state index in [4.69, 9.17) is 4.42 Å². The monoisotopic (exact) mass is 809 g/mol. The van der Waals surface area contributed by atoms with Crippen LogP contribution in [0.3, 0.4) is 0 Å². The van der Waals surface area contributed by atoms with Crippen molar-refractivity contribution in [2.45, 2.75) is 163 Å². The third kappa shape index (κ3) is 6.69. The van der Waals surface area contributed by atoms with Gasteiger partial charge in [-0.2, -0.15) is 0 Å². The van der Waals surface area contributed by atoms with Gasteiger partial charge < -0.3 is 14.2 Å². The first kappa shape index (κ1) is 41.6. The van der Waals surface area contributed by atoms with Gasteiger partial charge in [0.2, 0.25) is 0 Å². The van der Waals surface area contributed by atoms with Crippen molar-refractivity contribution in [2.24, 2.45) is 0 Å². The van der Waals surface area contributed by atoms with Crippen molar-refractivity contribution in [1.82, 2.24) is 0 Å². The van der Waals surface area contributed by atoms with Crippen molar-refractivity contribution in [3.05, 3.63) is 124 Å². The summed E-state index contributed by atoms with van der Waals surface area (Å²) in [7, 11) is 0. The number of benzene rings is 5. The Morgan fingerprint density at radius 2 is 1.05 bits per heavy atom. The molecule has 0 radical (unpaired) electrons. The molecule has 2 aliphatic heterocycles. The molecular formula is C57H69BN2O. The number of nitrogens with zero attached hydrogens (tertiary/aromatic N) is 2. The van der Waals surface area contributed by atoms with Crippen LogP contribution in [0.5, 0.6) is 0 Å². The highest BCUT2D eigenvalue weighted by molar-refractivity contribution is 7.00. The highest BCUT2D eigenvalue weighted by Gasteiger charge is 2.48. The van der Waals surface area contributed by atoms with Gasteiger partial charge in [0.1, 0.15) is 5.58 Å². The Kier molecular flexibility index (Phi) is 8.99. The van der Waals surface area contributed by atoms with Gasteiger partial charge in [-0.15, -0.1) is 0 Å². The van der Waals surface area contributed by atoms with Gasteiger partial charge in [0.05, 0.1) is 11.3 Å². The predicted octanol–water partition coefficient (Wildman–Crippen LogP) is 14.4. The average Bonchev–Trinajstić information content (AvgIpc) is 3.53. The fraction of sp³-hybridized carbons (Fsp3) is 0.439. The van der Waals surface area contributed by atoms with Gasteiger partial charge >= 0.3 is 0 Å². The molecule has 1 aliphatic carbocycles. The number of aryl methyl sites for hydroxylation is 1. The first-order valence-corrected chi connectivity index (χ1v) is 22.9. The normalized spacial score (nSPS) is 17.0. The van der Waals surface area contributed by atoms with E-state index in [-0.39, 0.29) is 39.2 Å². The van der Waals surface area contributed by atoms with Gasteiger partial charge in [0, 0.05) is 33.8 Å². The minimum Gasteiger partial charge on any atom is -0.468 e. The molecule has 0 saturated heterocycles. The predicted molar refractivity (Wildman–Crippen MR) is 265 cm³/mol. The van der Waals surface area contributed by atoms with Crippen molar-refractivity contribution in [2.75, 3.05) is 9.80 Å². The maximum atomic E-state index is 7.37. The highest BCUT2D eigenvalue weighted by atomic mass is 16.3. The number of furan rings is 1. The zero-order valence-electron chi connectivity index (χ0n) is 40.4. The van der Waals surface area contributed by atoms with E-state index in [1.54, 1.807) is 0 Å². The number of hydrogen-bond acceptors (Lipinski definition) is 3. The van der Waals surface area contributed by atoms with Gasteiger partial charge in [-0.3, -0.25) is 0 Å². The number of anilines is 6. The second kappa shape index (κ2) is 13.2. The zero-order valence-corrected chi connectivity index (χ0v) is 40.4. The van der Waals surface area contributed by atoms with Gasteiger partial charge in [0.25, 0.3) is 6.71 Å². The fourth-order valence-electron chi connectivity index (χ4n) is 10.4. The summed E-state index contributed by atoms with van der Waals surface area (Å²) in [5, 5.41) is 1.17. The van der Waals surface area contributed by atoms with Crippen molar-refractivity contribution in [3.8, 4) is 0 Å². The Morgan fingerprint density at radius 1 is 0.508 bits per heavy atom. The van der Waals surface area contributed by atoms with Crippen molar-refractivity contribution in [1.29, 1.82) is 0 Å². The molecule has 316 valence electrons. The molecule has 6 aromatic rings. The maximum absolute atomic E-state index is 7.37. The minimum absolute atomic E-state index is 0.0245. The fourth-order valence-corrected chi connectivity index (χ4v) is 10.4. The molecule has 3 nitrogen and oxygen atoms in total. The van der Waals surface area contributed by atoms with Crippen LogP contribution in [0.2, 0.25) is 0 Å². The maximum Gasteiger partial charge on any atom is 0.297 e. The molecule has 0 N–H and O–H groups in total. The standard InChI is InChI=1S/C57H69BN2O/c1-34-26-46-49-47(27-34)60(40-29-37(54(8,9)10)28-38(30-40)55(11,12)13)50-41-31-35(52(2,3)4)19-23-48(41)61-51(50)58(49)44-32-36(53(5,6)7)18-22-45(44)59(46)39-20-21-42-43(33-39)57(16,17)25-24-56(42,14)15/h18-23,26-33H,24-25H2,1-17H3. The Balaban J connectivity index is 1.42. The van der Waals surface area contributed by atoms with E-state index >= 15 is 0 Å². The average molecular weight is 809 g/mol. The third-order valence-electron chi connectivity index (χ3n) is 14.5. The van der Waals surface area contributed by atoms with Crippen LogP contribution in [0.1, 0.15) is 163 Å². The molecular weight excluding hydrogens is 739 g/mol. The van der Waals surface area contributed by atoms with Gasteiger partial charge in [-0.1, -0.05) is 141 Å². The summed E-state index contributed by atoms with van der Waals surface area (Å²) in [4.78, 5) is 5.19. The van der Waals surface area contributed by atoms with Crippen LogP contribution in [-0.2, 0) is 32.5 Å². The number of fused-ring (bicyclic) bond motifs is 7. The molecule has 4 heteroatoms. The van der Waals surface area contributed by atoms with E-state index in [1.807, 2.05) is 0 Å². The topological polar surface area (TPSA) is 19.6 Å². The van der Waals surface area contributed by atoms with Crippen LogP contribution in [0.25, 0.3) is 11.0 Å². The van der Waals surface area contributed by atoms with Crippen LogP contribution >= 0.6 is 0 Å². The van der Waals surface area contributed by atoms with Gasteiger partial charge in [-0.25, -0.2) is 0 Å². The molecule has 5 aromatic carbocycles. The van der Waals surface area contributed by atoms with Crippen molar-refractivity contribution in [3.63, 3.8) is 0 Å². The van der Waals surface area contributed by atoms with Crippen LogP contribution in [0.4, 0.5) is 34.1 Å². The highest BCUT2D eigenvalue weighted by Crippen LogP contribution is 2.51. The third-order valence-corrected chi connectivity index (χ3v) is 14.5. The minimum atomic E-state index is -0.100. The van der Waals surface area contributed by atoms with Crippen LogP contribution in [0.15, 0.2) is 89.3 Å². The van der Waals surface area contributed by atoms with E-state index in [9.17, 15) is 0 Å². The number of hydrogen-bond donors (Lipinski definition) is 0. The van der Waals surface area contributed by atoms with E-state index in [0.29, 0.717) is 0 Å². The molecule has 0 fully saturated rings. The second-order valence-electron chi connectivity index (χ2n) is 24.4. The molecule has 3 heterocycles. The summed E-state index contributed by atoms with van der Waals surface area (Å²) < 4.78 is 7.37.